The van der Waals surface area contributed by atoms with Crippen molar-refractivity contribution in [1.29, 1.82) is 5.41 Å². The highest BCUT2D eigenvalue weighted by atomic mass is 35.5. The second-order valence-corrected chi connectivity index (χ2v) is 3.72. The number of rotatable bonds is 3. The monoisotopic (exact) mass is 256 g/mol. The average Bonchev–Trinajstić information content (AvgIpc) is 2.66. The van der Waals surface area contributed by atoms with E-state index in [4.69, 9.17) is 15.6 Å². The van der Waals surface area contributed by atoms with E-state index < -0.39 is 0 Å². The van der Waals surface area contributed by atoms with Crippen molar-refractivity contribution in [3.05, 3.63) is 35.3 Å². The van der Waals surface area contributed by atoms with Crippen LogP contribution in [0.1, 0.15) is 24.7 Å². The summed E-state index contributed by atoms with van der Waals surface area (Å²) in [5.41, 5.74) is 6.40. The maximum atomic E-state index is 13.6. The van der Waals surface area contributed by atoms with Gasteiger partial charge in [-0.2, -0.15) is 0 Å². The fourth-order valence-electron chi connectivity index (χ4n) is 1.75. The summed E-state index contributed by atoms with van der Waals surface area (Å²) >= 11 is 0. The number of nitrogen functional groups attached to an aromatic ring is 1. The van der Waals surface area contributed by atoms with Crippen LogP contribution >= 0.6 is 12.4 Å². The Kier molecular flexibility index (Phi) is 4.12. The average molecular weight is 257 g/mol. The van der Waals surface area contributed by atoms with Gasteiger partial charge in [0.05, 0.1) is 0 Å². The molecule has 0 spiro atoms. The zero-order chi connectivity index (χ0) is 11.7. The van der Waals surface area contributed by atoms with Crippen molar-refractivity contribution in [2.24, 2.45) is 5.73 Å². The first-order valence-electron chi connectivity index (χ1n) is 5.18. The Balaban J connectivity index is 0.00000144. The molecular weight excluding hydrogens is 243 g/mol. The smallest absolute Gasteiger partial charge is 0.169 e. The lowest BCUT2D eigenvalue weighted by atomic mass is 10.1. The number of hydrogen-bond acceptors (Lipinski definition) is 2. The van der Waals surface area contributed by atoms with Crippen molar-refractivity contribution in [2.45, 2.75) is 19.8 Å². The highest BCUT2D eigenvalue weighted by Gasteiger charge is 2.13. The van der Waals surface area contributed by atoms with Crippen LogP contribution in [0.5, 0.6) is 0 Å². The molecule has 0 amide bonds. The summed E-state index contributed by atoms with van der Waals surface area (Å²) in [7, 11) is 0. The van der Waals surface area contributed by atoms with E-state index in [1.54, 1.807) is 12.1 Å². The second kappa shape index (κ2) is 5.19. The van der Waals surface area contributed by atoms with Gasteiger partial charge in [-0.05, 0) is 24.6 Å². The minimum absolute atomic E-state index is 0. The number of benzene rings is 1. The van der Waals surface area contributed by atoms with Gasteiger partial charge in [-0.1, -0.05) is 13.3 Å². The molecule has 3 N–H and O–H groups in total. The number of halogens is 2. The highest BCUT2D eigenvalue weighted by Crippen LogP contribution is 2.26. The third-order valence-corrected chi connectivity index (χ3v) is 2.50. The zero-order valence-corrected chi connectivity index (χ0v) is 10.2. The van der Waals surface area contributed by atoms with Gasteiger partial charge in [0.1, 0.15) is 11.4 Å². The number of hydrogen-bond donors (Lipinski definition) is 2. The van der Waals surface area contributed by atoms with Crippen LogP contribution in [0, 0.1) is 11.2 Å². The summed E-state index contributed by atoms with van der Waals surface area (Å²) in [6.07, 6.45) is 1.46. The Morgan fingerprint density at radius 3 is 2.76 bits per heavy atom. The van der Waals surface area contributed by atoms with Gasteiger partial charge in [-0.3, -0.25) is 5.41 Å². The van der Waals surface area contributed by atoms with Crippen LogP contribution in [0.15, 0.2) is 22.6 Å². The van der Waals surface area contributed by atoms with Gasteiger partial charge in [0.15, 0.2) is 11.6 Å². The minimum atomic E-state index is -0.265. The largest absolute Gasteiger partial charge is 0.452 e. The molecule has 5 heteroatoms. The van der Waals surface area contributed by atoms with E-state index in [1.807, 2.05) is 6.92 Å². The minimum Gasteiger partial charge on any atom is -0.452 e. The van der Waals surface area contributed by atoms with Crippen molar-refractivity contribution in [3.8, 4) is 0 Å². The molecule has 1 aromatic carbocycles. The lowest BCUT2D eigenvalue weighted by Gasteiger charge is -2.01. The molecule has 0 aliphatic rings. The van der Waals surface area contributed by atoms with E-state index in [0.29, 0.717) is 17.6 Å². The van der Waals surface area contributed by atoms with Crippen molar-refractivity contribution in [2.75, 3.05) is 0 Å². The van der Waals surface area contributed by atoms with E-state index in [1.165, 1.54) is 6.07 Å². The third kappa shape index (κ3) is 2.42. The molecule has 0 atom stereocenters. The first kappa shape index (κ1) is 13.5. The van der Waals surface area contributed by atoms with Crippen LogP contribution in [0.4, 0.5) is 4.39 Å². The number of aryl methyl sites for hydroxylation is 1. The van der Waals surface area contributed by atoms with Crippen molar-refractivity contribution in [1.82, 2.24) is 0 Å². The van der Waals surface area contributed by atoms with Gasteiger partial charge in [0.25, 0.3) is 0 Å². The molecule has 0 saturated carbocycles. The zero-order valence-electron chi connectivity index (χ0n) is 9.42. The van der Waals surface area contributed by atoms with E-state index in [2.05, 4.69) is 0 Å². The molecule has 0 unspecified atom stereocenters. The molecule has 0 bridgehead atoms. The number of nitrogens with one attached hydrogen (secondary N) is 1. The third-order valence-electron chi connectivity index (χ3n) is 2.50. The molecule has 0 fully saturated rings. The fourth-order valence-corrected chi connectivity index (χ4v) is 1.75. The first-order valence-corrected chi connectivity index (χ1v) is 5.18. The predicted octanol–water partition coefficient (Wildman–Crippen LogP) is 3.23. The molecule has 92 valence electrons. The normalized spacial score (nSPS) is 10.2. The highest BCUT2D eigenvalue weighted by molar-refractivity contribution is 5.97. The molecule has 3 nitrogen and oxygen atoms in total. The van der Waals surface area contributed by atoms with Crippen LogP contribution in [-0.4, -0.2) is 5.84 Å². The summed E-state index contributed by atoms with van der Waals surface area (Å²) in [5, 5.41) is 8.07. The van der Waals surface area contributed by atoms with Gasteiger partial charge in [-0.15, -0.1) is 12.4 Å². The topological polar surface area (TPSA) is 63.0 Å². The lowest BCUT2D eigenvalue weighted by Crippen LogP contribution is -2.09. The maximum Gasteiger partial charge on any atom is 0.169 e. The second-order valence-electron chi connectivity index (χ2n) is 3.72. The molecule has 0 aliphatic heterocycles. The van der Waals surface area contributed by atoms with Crippen LogP contribution in [0.2, 0.25) is 0 Å². The summed E-state index contributed by atoms with van der Waals surface area (Å²) in [6.45, 7) is 1.98. The molecule has 2 rings (SSSR count). The summed E-state index contributed by atoms with van der Waals surface area (Å²) in [4.78, 5) is 0. The molecule has 0 aliphatic carbocycles. The SMILES string of the molecule is CCCc1c(F)ccc2cc(C(=N)N)oc12.Cl. The number of furan rings is 1. The van der Waals surface area contributed by atoms with E-state index >= 15 is 0 Å². The first-order chi connectivity index (χ1) is 7.63. The van der Waals surface area contributed by atoms with E-state index in [-0.39, 0.29) is 29.8 Å². The number of nitrogens with two attached hydrogens (primary N) is 1. The molecule has 1 aromatic heterocycles. The van der Waals surface area contributed by atoms with Crippen LogP contribution in [0.3, 0.4) is 0 Å². The van der Waals surface area contributed by atoms with E-state index in [9.17, 15) is 4.39 Å². The fraction of sp³-hybridized carbons (Fsp3) is 0.250. The summed E-state index contributed by atoms with van der Waals surface area (Å²) < 4.78 is 19.0. The molecule has 17 heavy (non-hydrogen) atoms. The quantitative estimate of drug-likeness (QED) is 0.654. The Bertz CT molecular complexity index is 551. The van der Waals surface area contributed by atoms with Gasteiger partial charge in [0, 0.05) is 10.9 Å². The van der Waals surface area contributed by atoms with Gasteiger partial charge < -0.3 is 10.2 Å². The summed E-state index contributed by atoms with van der Waals surface area (Å²) in [6, 6.07) is 4.72. The van der Waals surface area contributed by atoms with Crippen molar-refractivity contribution < 1.29 is 8.81 Å². The Morgan fingerprint density at radius 1 is 1.47 bits per heavy atom. The van der Waals surface area contributed by atoms with Crippen molar-refractivity contribution in [3.63, 3.8) is 0 Å². The molecule has 0 saturated heterocycles. The van der Waals surface area contributed by atoms with Crippen LogP contribution in [0.25, 0.3) is 11.0 Å². The number of amidine groups is 1. The standard InChI is InChI=1S/C12H13FN2O.ClH/c1-2-3-8-9(13)5-4-7-6-10(12(14)15)16-11(7)8;/h4-6H,2-3H2,1H3,(H3,14,15);1H. The Morgan fingerprint density at radius 2 is 2.18 bits per heavy atom. The van der Waals surface area contributed by atoms with Crippen molar-refractivity contribution >= 4 is 29.2 Å². The van der Waals surface area contributed by atoms with E-state index in [0.717, 1.165) is 11.8 Å². The Hall–Kier alpha value is -1.55. The molecule has 2 aromatic rings. The van der Waals surface area contributed by atoms with Crippen LogP contribution in [-0.2, 0) is 6.42 Å². The molecular formula is C12H14ClFN2O. The Labute approximate surface area is 105 Å². The summed E-state index contributed by atoms with van der Waals surface area (Å²) in [5.74, 6) is -0.115. The van der Waals surface area contributed by atoms with Gasteiger partial charge >= 0.3 is 0 Å². The predicted molar refractivity (Wildman–Crippen MR) is 68.4 cm³/mol. The molecule has 1 heterocycles. The number of fused-ring (bicyclic) bond motifs is 1. The lowest BCUT2D eigenvalue weighted by molar-refractivity contribution is 0.574. The molecule has 0 radical (unpaired) electrons. The van der Waals surface area contributed by atoms with Gasteiger partial charge in [0.2, 0.25) is 0 Å². The van der Waals surface area contributed by atoms with Crippen LogP contribution < -0.4 is 5.73 Å². The maximum absolute atomic E-state index is 13.6. The van der Waals surface area contributed by atoms with Gasteiger partial charge in [-0.25, -0.2) is 4.39 Å².